The Bertz CT molecular complexity index is 637. The predicted octanol–water partition coefficient (Wildman–Crippen LogP) is 3.90. The summed E-state index contributed by atoms with van der Waals surface area (Å²) in [6, 6.07) is 7.33. The van der Waals surface area contributed by atoms with Crippen molar-refractivity contribution in [2.24, 2.45) is 11.3 Å². The molecule has 0 aliphatic heterocycles. The molecule has 114 valence electrons. The fraction of sp³-hybridized carbons (Fsp3) is 0.471. The van der Waals surface area contributed by atoms with Gasteiger partial charge in [0, 0.05) is 11.9 Å². The van der Waals surface area contributed by atoms with E-state index in [1.165, 1.54) is 0 Å². The molecule has 1 unspecified atom stereocenters. The average molecular weight is 289 g/mol. The van der Waals surface area contributed by atoms with E-state index in [4.69, 9.17) is 9.52 Å². The molecule has 2 aromatic rings. The number of aromatic carboxylic acids is 1. The van der Waals surface area contributed by atoms with Crippen molar-refractivity contribution in [3.8, 4) is 0 Å². The summed E-state index contributed by atoms with van der Waals surface area (Å²) in [4.78, 5) is 10.9. The van der Waals surface area contributed by atoms with Gasteiger partial charge in [0.15, 0.2) is 0 Å². The van der Waals surface area contributed by atoms with Crippen molar-refractivity contribution < 1.29 is 14.3 Å². The molecular weight excluding hydrogens is 266 g/mol. The number of nitrogens with one attached hydrogen (secondary N) is 1. The zero-order valence-corrected chi connectivity index (χ0v) is 13.1. The first kappa shape index (κ1) is 15.6. The summed E-state index contributed by atoms with van der Waals surface area (Å²) in [6.07, 6.45) is 0. The lowest BCUT2D eigenvalue weighted by Crippen LogP contribution is -2.29. The minimum absolute atomic E-state index is 0.0172. The summed E-state index contributed by atoms with van der Waals surface area (Å²) < 4.78 is 5.25. The second-order valence-corrected chi connectivity index (χ2v) is 6.69. The minimum Gasteiger partial charge on any atom is -0.475 e. The first-order chi connectivity index (χ1) is 9.77. The highest BCUT2D eigenvalue weighted by Gasteiger charge is 2.19. The lowest BCUT2D eigenvalue weighted by Gasteiger charge is -2.27. The number of carboxylic acid groups (broad SMARTS) is 1. The SMILES string of the molecule is CC(CNCc1ccc2oc(C(=O)O)cc2c1)C(C)(C)C. The van der Waals surface area contributed by atoms with Crippen LogP contribution in [0.1, 0.15) is 43.8 Å². The van der Waals surface area contributed by atoms with E-state index in [2.05, 4.69) is 33.0 Å². The van der Waals surface area contributed by atoms with E-state index in [-0.39, 0.29) is 11.2 Å². The molecule has 1 heterocycles. The summed E-state index contributed by atoms with van der Waals surface area (Å²) in [5, 5.41) is 13.2. The maximum Gasteiger partial charge on any atom is 0.371 e. The third-order valence-corrected chi connectivity index (χ3v) is 4.05. The maximum absolute atomic E-state index is 10.9. The van der Waals surface area contributed by atoms with Crippen LogP contribution >= 0.6 is 0 Å². The summed E-state index contributed by atoms with van der Waals surface area (Å²) >= 11 is 0. The van der Waals surface area contributed by atoms with E-state index in [9.17, 15) is 4.79 Å². The summed E-state index contributed by atoms with van der Waals surface area (Å²) in [5.41, 5.74) is 2.03. The Morgan fingerprint density at radius 3 is 2.67 bits per heavy atom. The highest BCUT2D eigenvalue weighted by atomic mass is 16.4. The lowest BCUT2D eigenvalue weighted by atomic mass is 9.82. The molecule has 2 N–H and O–H groups in total. The number of rotatable bonds is 5. The maximum atomic E-state index is 10.9. The van der Waals surface area contributed by atoms with Gasteiger partial charge in [-0.2, -0.15) is 0 Å². The second kappa shape index (κ2) is 5.90. The largest absolute Gasteiger partial charge is 0.475 e. The molecule has 0 saturated heterocycles. The van der Waals surface area contributed by atoms with Crippen LogP contribution < -0.4 is 5.32 Å². The van der Waals surface area contributed by atoms with Gasteiger partial charge in [0.1, 0.15) is 5.58 Å². The van der Waals surface area contributed by atoms with Gasteiger partial charge >= 0.3 is 5.97 Å². The number of carbonyl (C=O) groups is 1. The molecule has 0 fully saturated rings. The van der Waals surface area contributed by atoms with E-state index in [0.29, 0.717) is 11.5 Å². The van der Waals surface area contributed by atoms with Gasteiger partial charge in [0.05, 0.1) is 0 Å². The summed E-state index contributed by atoms with van der Waals surface area (Å²) in [7, 11) is 0. The number of furan rings is 1. The van der Waals surface area contributed by atoms with E-state index >= 15 is 0 Å². The second-order valence-electron chi connectivity index (χ2n) is 6.69. The number of hydrogen-bond acceptors (Lipinski definition) is 3. The van der Waals surface area contributed by atoms with Crippen LogP contribution in [-0.2, 0) is 6.54 Å². The van der Waals surface area contributed by atoms with E-state index in [0.717, 1.165) is 24.0 Å². The van der Waals surface area contributed by atoms with E-state index in [1.807, 2.05) is 18.2 Å². The fourth-order valence-corrected chi connectivity index (χ4v) is 2.05. The van der Waals surface area contributed by atoms with Crippen LogP contribution in [-0.4, -0.2) is 17.6 Å². The van der Waals surface area contributed by atoms with Crippen LogP contribution in [0.15, 0.2) is 28.7 Å². The minimum atomic E-state index is -1.04. The Hall–Kier alpha value is -1.81. The molecule has 1 aromatic carbocycles. The van der Waals surface area contributed by atoms with Crippen molar-refractivity contribution in [2.75, 3.05) is 6.54 Å². The highest BCUT2D eigenvalue weighted by Crippen LogP contribution is 2.25. The predicted molar refractivity (Wildman–Crippen MR) is 83.5 cm³/mol. The molecule has 0 aliphatic carbocycles. The van der Waals surface area contributed by atoms with Crippen LogP contribution in [0, 0.1) is 11.3 Å². The molecule has 1 aromatic heterocycles. The standard InChI is InChI=1S/C17H23NO3/c1-11(17(2,3)4)9-18-10-12-5-6-14-13(7-12)8-15(21-14)16(19)20/h5-8,11,18H,9-10H2,1-4H3,(H,19,20). The zero-order chi connectivity index (χ0) is 15.6. The van der Waals surface area contributed by atoms with Gasteiger partial charge in [0.2, 0.25) is 5.76 Å². The van der Waals surface area contributed by atoms with Crippen molar-refractivity contribution >= 4 is 16.9 Å². The molecule has 21 heavy (non-hydrogen) atoms. The van der Waals surface area contributed by atoms with Crippen LogP contribution in [0.2, 0.25) is 0 Å². The third-order valence-electron chi connectivity index (χ3n) is 4.05. The van der Waals surface area contributed by atoms with Crippen LogP contribution in [0.4, 0.5) is 0 Å². The quantitative estimate of drug-likeness (QED) is 0.876. The smallest absolute Gasteiger partial charge is 0.371 e. The molecule has 0 saturated carbocycles. The lowest BCUT2D eigenvalue weighted by molar-refractivity contribution is 0.0665. The number of fused-ring (bicyclic) bond motifs is 1. The molecule has 4 nitrogen and oxygen atoms in total. The molecule has 0 bridgehead atoms. The summed E-state index contributed by atoms with van der Waals surface area (Å²) in [5.74, 6) is -0.477. The van der Waals surface area contributed by atoms with E-state index < -0.39 is 5.97 Å². The van der Waals surface area contributed by atoms with E-state index in [1.54, 1.807) is 6.07 Å². The highest BCUT2D eigenvalue weighted by molar-refractivity contribution is 5.91. The van der Waals surface area contributed by atoms with Gasteiger partial charge in [0.25, 0.3) is 0 Å². The topological polar surface area (TPSA) is 62.5 Å². The molecule has 2 rings (SSSR count). The zero-order valence-electron chi connectivity index (χ0n) is 13.1. The van der Waals surface area contributed by atoms with Gasteiger partial charge in [-0.05, 0) is 41.6 Å². The molecular formula is C17H23NO3. The Balaban J connectivity index is 2.01. The Labute approximate surface area is 125 Å². The number of hydrogen-bond donors (Lipinski definition) is 2. The normalized spacial score (nSPS) is 13.5. The Kier molecular flexibility index (Phi) is 4.37. The Morgan fingerprint density at radius 1 is 1.33 bits per heavy atom. The molecule has 0 aliphatic rings. The molecule has 0 amide bonds. The van der Waals surface area contributed by atoms with Crippen molar-refractivity contribution in [2.45, 2.75) is 34.2 Å². The van der Waals surface area contributed by atoms with Crippen LogP contribution in [0.3, 0.4) is 0 Å². The van der Waals surface area contributed by atoms with Gasteiger partial charge in [-0.3, -0.25) is 0 Å². The molecule has 0 radical (unpaired) electrons. The average Bonchev–Trinajstić information content (AvgIpc) is 2.80. The monoisotopic (exact) mass is 289 g/mol. The van der Waals surface area contributed by atoms with Crippen LogP contribution in [0.25, 0.3) is 11.0 Å². The summed E-state index contributed by atoms with van der Waals surface area (Å²) in [6.45, 7) is 10.7. The molecule has 0 spiro atoms. The van der Waals surface area contributed by atoms with Gasteiger partial charge < -0.3 is 14.8 Å². The van der Waals surface area contributed by atoms with Crippen molar-refractivity contribution in [3.63, 3.8) is 0 Å². The van der Waals surface area contributed by atoms with Crippen molar-refractivity contribution in [1.82, 2.24) is 5.32 Å². The van der Waals surface area contributed by atoms with Gasteiger partial charge in [-0.15, -0.1) is 0 Å². The van der Waals surface area contributed by atoms with Gasteiger partial charge in [-0.25, -0.2) is 4.79 Å². The molecule has 1 atom stereocenters. The number of carboxylic acids is 1. The first-order valence-electron chi connectivity index (χ1n) is 7.24. The van der Waals surface area contributed by atoms with Crippen molar-refractivity contribution in [1.29, 1.82) is 0 Å². The van der Waals surface area contributed by atoms with Crippen molar-refractivity contribution in [3.05, 3.63) is 35.6 Å². The Morgan fingerprint density at radius 2 is 2.05 bits per heavy atom. The molecule has 4 heteroatoms. The number of benzene rings is 1. The van der Waals surface area contributed by atoms with Gasteiger partial charge in [-0.1, -0.05) is 33.8 Å². The first-order valence-corrected chi connectivity index (χ1v) is 7.24. The van der Waals surface area contributed by atoms with Crippen LogP contribution in [0.5, 0.6) is 0 Å². The fourth-order valence-electron chi connectivity index (χ4n) is 2.05. The third kappa shape index (κ3) is 3.85.